The van der Waals surface area contributed by atoms with Crippen molar-refractivity contribution in [3.8, 4) is 0 Å². The van der Waals surface area contributed by atoms with E-state index in [0.29, 0.717) is 10.7 Å². The molecule has 7 nitrogen and oxygen atoms in total. The molecule has 0 spiro atoms. The van der Waals surface area contributed by atoms with Crippen LogP contribution in [0.3, 0.4) is 0 Å². The van der Waals surface area contributed by atoms with E-state index in [0.717, 1.165) is 0 Å². The van der Waals surface area contributed by atoms with E-state index in [1.165, 1.54) is 47.4 Å². The van der Waals surface area contributed by atoms with Crippen LogP contribution in [0.5, 0.6) is 0 Å². The molecule has 3 aromatic carbocycles. The molecule has 31 heavy (non-hydrogen) atoms. The normalized spacial score (nSPS) is 17.7. The highest BCUT2D eigenvalue weighted by Crippen LogP contribution is 2.44. The maximum atomic E-state index is 13.0. The Morgan fingerprint density at radius 2 is 1.55 bits per heavy atom. The summed E-state index contributed by atoms with van der Waals surface area (Å²) in [5, 5.41) is 23.1. The number of ketones is 1. The van der Waals surface area contributed by atoms with Crippen LogP contribution in [0.25, 0.3) is 5.76 Å². The Kier molecular flexibility index (Phi) is 5.27. The Hall–Kier alpha value is -3.97. The molecule has 1 unspecified atom stereocenters. The number of anilines is 1. The van der Waals surface area contributed by atoms with Crippen LogP contribution in [0.4, 0.5) is 11.4 Å². The van der Waals surface area contributed by atoms with Crippen LogP contribution in [-0.2, 0) is 9.59 Å². The third kappa shape index (κ3) is 3.55. The van der Waals surface area contributed by atoms with Crippen molar-refractivity contribution in [3.63, 3.8) is 0 Å². The summed E-state index contributed by atoms with van der Waals surface area (Å²) in [4.78, 5) is 38.3. The van der Waals surface area contributed by atoms with Crippen molar-refractivity contribution in [2.45, 2.75) is 6.04 Å². The molecule has 1 fully saturated rings. The standard InChI is InChI=1S/C23H15ClN2O5/c24-15-12-10-14(11-13-15)21(27)19-20(17-8-4-5-9-18(17)26(30)31)25(23(29)22(19)28)16-6-2-1-3-7-16/h1-13,20,27H/b21-19+. The van der Waals surface area contributed by atoms with Crippen LogP contribution in [0.1, 0.15) is 17.2 Å². The minimum Gasteiger partial charge on any atom is -0.507 e. The van der Waals surface area contributed by atoms with Gasteiger partial charge in [-0.2, -0.15) is 0 Å². The number of halogens is 1. The number of nitro groups is 1. The minimum atomic E-state index is -1.18. The lowest BCUT2D eigenvalue weighted by atomic mass is 9.94. The average molecular weight is 435 g/mol. The van der Waals surface area contributed by atoms with Gasteiger partial charge in [0.1, 0.15) is 11.8 Å². The molecule has 0 aromatic heterocycles. The van der Waals surface area contributed by atoms with Crippen LogP contribution in [-0.4, -0.2) is 21.7 Å². The molecule has 0 saturated carbocycles. The zero-order chi connectivity index (χ0) is 22.1. The van der Waals surface area contributed by atoms with Gasteiger partial charge in [-0.1, -0.05) is 41.9 Å². The molecule has 4 rings (SSSR count). The van der Waals surface area contributed by atoms with E-state index in [1.54, 1.807) is 36.4 Å². The highest BCUT2D eigenvalue weighted by Gasteiger charge is 2.48. The van der Waals surface area contributed by atoms with Crippen LogP contribution >= 0.6 is 11.6 Å². The molecule has 1 saturated heterocycles. The number of benzene rings is 3. The quantitative estimate of drug-likeness (QED) is 0.207. The minimum absolute atomic E-state index is 0.117. The van der Waals surface area contributed by atoms with Crippen molar-refractivity contribution < 1.29 is 19.6 Å². The Bertz CT molecular complexity index is 1220. The summed E-state index contributed by atoms with van der Waals surface area (Å²) in [6.07, 6.45) is 0. The number of rotatable bonds is 4. The maximum Gasteiger partial charge on any atom is 0.300 e. The molecule has 1 N–H and O–H groups in total. The van der Waals surface area contributed by atoms with E-state index in [9.17, 15) is 24.8 Å². The molecule has 1 atom stereocenters. The van der Waals surface area contributed by atoms with Gasteiger partial charge in [0.2, 0.25) is 0 Å². The van der Waals surface area contributed by atoms with Gasteiger partial charge in [0, 0.05) is 22.3 Å². The first-order valence-corrected chi connectivity index (χ1v) is 9.63. The number of aliphatic hydroxyl groups excluding tert-OH is 1. The van der Waals surface area contributed by atoms with E-state index in [4.69, 9.17) is 11.6 Å². The van der Waals surface area contributed by atoms with Gasteiger partial charge in [0.15, 0.2) is 0 Å². The van der Waals surface area contributed by atoms with E-state index in [1.807, 2.05) is 0 Å². The molecule has 1 aliphatic rings. The second-order valence-corrected chi connectivity index (χ2v) is 7.26. The van der Waals surface area contributed by atoms with E-state index >= 15 is 0 Å². The van der Waals surface area contributed by atoms with Crippen LogP contribution in [0, 0.1) is 10.1 Å². The van der Waals surface area contributed by atoms with Crippen molar-refractivity contribution >= 4 is 40.4 Å². The molecular weight excluding hydrogens is 420 g/mol. The number of nitro benzene ring substituents is 1. The van der Waals surface area contributed by atoms with E-state index < -0.39 is 28.4 Å². The molecule has 0 radical (unpaired) electrons. The fourth-order valence-corrected chi connectivity index (χ4v) is 3.76. The first-order chi connectivity index (χ1) is 14.9. The Balaban J connectivity index is 2.01. The fourth-order valence-electron chi connectivity index (χ4n) is 3.63. The number of para-hydroxylation sites is 2. The zero-order valence-electron chi connectivity index (χ0n) is 15.9. The van der Waals surface area contributed by atoms with E-state index in [-0.39, 0.29) is 22.4 Å². The lowest BCUT2D eigenvalue weighted by molar-refractivity contribution is -0.385. The summed E-state index contributed by atoms with van der Waals surface area (Å²) < 4.78 is 0. The third-order valence-electron chi connectivity index (χ3n) is 5.02. The van der Waals surface area contributed by atoms with Crippen molar-refractivity contribution in [2.24, 2.45) is 0 Å². The number of amides is 1. The summed E-state index contributed by atoms with van der Waals surface area (Å²) in [6.45, 7) is 0. The van der Waals surface area contributed by atoms with Gasteiger partial charge in [0.05, 0.1) is 16.1 Å². The molecule has 0 aliphatic carbocycles. The maximum absolute atomic E-state index is 13.0. The predicted octanol–water partition coefficient (Wildman–Crippen LogP) is 4.87. The number of hydrogen-bond donors (Lipinski definition) is 1. The van der Waals surface area contributed by atoms with Crippen molar-refractivity contribution in [1.29, 1.82) is 0 Å². The summed E-state index contributed by atoms with van der Waals surface area (Å²) in [7, 11) is 0. The summed E-state index contributed by atoms with van der Waals surface area (Å²) in [5.74, 6) is -2.25. The molecule has 1 aliphatic heterocycles. The van der Waals surface area contributed by atoms with Gasteiger partial charge < -0.3 is 5.11 Å². The number of carbonyl (C=O) groups is 2. The second kappa shape index (κ2) is 8.04. The number of hydrogen-bond acceptors (Lipinski definition) is 5. The highest BCUT2D eigenvalue weighted by molar-refractivity contribution is 6.51. The fraction of sp³-hybridized carbons (Fsp3) is 0.0435. The van der Waals surface area contributed by atoms with Crippen LogP contribution < -0.4 is 4.90 Å². The summed E-state index contributed by atoms with van der Waals surface area (Å²) >= 11 is 5.91. The first-order valence-electron chi connectivity index (χ1n) is 9.25. The Morgan fingerprint density at radius 1 is 0.935 bits per heavy atom. The van der Waals surface area contributed by atoms with Gasteiger partial charge in [-0.15, -0.1) is 0 Å². The lowest BCUT2D eigenvalue weighted by Crippen LogP contribution is -2.29. The second-order valence-electron chi connectivity index (χ2n) is 6.83. The SMILES string of the molecule is O=C1C(=O)N(c2ccccc2)C(c2ccccc2[N+](=O)[O-])/C1=C(\O)c1ccc(Cl)cc1. The number of Topliss-reactive ketones (excluding diaryl/α,β-unsaturated/α-hetero) is 1. The van der Waals surface area contributed by atoms with Crippen molar-refractivity contribution in [3.05, 3.63) is 111 Å². The monoisotopic (exact) mass is 434 g/mol. The molecule has 3 aromatic rings. The van der Waals surface area contributed by atoms with Crippen LogP contribution in [0.15, 0.2) is 84.4 Å². The van der Waals surface area contributed by atoms with Crippen LogP contribution in [0.2, 0.25) is 5.02 Å². The smallest absolute Gasteiger partial charge is 0.300 e. The van der Waals surface area contributed by atoms with Gasteiger partial charge in [-0.05, 0) is 42.5 Å². The zero-order valence-corrected chi connectivity index (χ0v) is 16.7. The average Bonchev–Trinajstić information content (AvgIpc) is 3.05. The van der Waals surface area contributed by atoms with Crippen molar-refractivity contribution in [1.82, 2.24) is 0 Å². The molecule has 1 heterocycles. The predicted molar refractivity (Wildman–Crippen MR) is 116 cm³/mol. The largest absolute Gasteiger partial charge is 0.507 e. The topological polar surface area (TPSA) is 101 Å². The molecule has 1 amide bonds. The van der Waals surface area contributed by atoms with E-state index in [2.05, 4.69) is 0 Å². The molecule has 8 heteroatoms. The van der Waals surface area contributed by atoms with Crippen molar-refractivity contribution in [2.75, 3.05) is 4.90 Å². The van der Waals surface area contributed by atoms with Gasteiger partial charge in [-0.3, -0.25) is 24.6 Å². The van der Waals surface area contributed by atoms with Gasteiger partial charge >= 0.3 is 0 Å². The van der Waals surface area contributed by atoms with Gasteiger partial charge in [0.25, 0.3) is 17.4 Å². The van der Waals surface area contributed by atoms with Gasteiger partial charge in [-0.25, -0.2) is 0 Å². The molecule has 154 valence electrons. The summed E-state index contributed by atoms with van der Waals surface area (Å²) in [5.41, 5.74) is 0.260. The Labute approximate surface area is 182 Å². The molecular formula is C23H15ClN2O5. The Morgan fingerprint density at radius 3 is 2.19 bits per heavy atom. The number of carbonyl (C=O) groups excluding carboxylic acids is 2. The number of aliphatic hydroxyl groups is 1. The number of nitrogens with zero attached hydrogens (tertiary/aromatic N) is 2. The highest BCUT2D eigenvalue weighted by atomic mass is 35.5. The lowest BCUT2D eigenvalue weighted by Gasteiger charge is -2.25. The summed E-state index contributed by atoms with van der Waals surface area (Å²) in [6, 6.07) is 19.1. The first kappa shape index (κ1) is 20.3. The molecule has 0 bridgehead atoms. The third-order valence-corrected chi connectivity index (χ3v) is 5.28.